The molecule has 0 radical (unpaired) electrons. The number of piperidine rings is 1. The van der Waals surface area contributed by atoms with Crippen LogP contribution >= 0.6 is 0 Å². The second-order valence-corrected chi connectivity index (χ2v) is 8.21. The van der Waals surface area contributed by atoms with Crippen molar-refractivity contribution in [3.63, 3.8) is 0 Å². The molecule has 3 heterocycles. The monoisotopic (exact) mass is 465 g/mol. The van der Waals surface area contributed by atoms with Gasteiger partial charge in [-0.1, -0.05) is 30.3 Å². The highest BCUT2D eigenvalue weighted by atomic mass is 19.4. The largest absolute Gasteiger partial charge is 0.418 e. The fourth-order valence-corrected chi connectivity index (χ4v) is 4.42. The SMILES string of the molecule is O=c1ccn(C2CCN(c3ccccc3C(F)(F)F)CC2)nc1-c1ccnn1-c1ccccc1. The first-order valence-electron chi connectivity index (χ1n) is 11.0. The molecule has 0 amide bonds. The average molecular weight is 465 g/mol. The molecule has 174 valence electrons. The number of para-hydroxylation sites is 2. The molecule has 1 saturated heterocycles. The number of aromatic nitrogens is 4. The first-order valence-corrected chi connectivity index (χ1v) is 11.0. The Morgan fingerprint density at radius 3 is 2.32 bits per heavy atom. The van der Waals surface area contributed by atoms with Crippen LogP contribution < -0.4 is 10.3 Å². The van der Waals surface area contributed by atoms with E-state index in [4.69, 9.17) is 0 Å². The topological polar surface area (TPSA) is 56.0 Å². The molecule has 2 aromatic carbocycles. The summed E-state index contributed by atoms with van der Waals surface area (Å²) in [6.45, 7) is 0.922. The number of anilines is 1. The number of hydrogen-bond donors (Lipinski definition) is 0. The molecule has 2 aromatic heterocycles. The second-order valence-electron chi connectivity index (χ2n) is 8.21. The Morgan fingerprint density at radius 2 is 1.59 bits per heavy atom. The lowest BCUT2D eigenvalue weighted by atomic mass is 10.0. The minimum atomic E-state index is -4.40. The van der Waals surface area contributed by atoms with E-state index in [0.717, 1.165) is 11.8 Å². The van der Waals surface area contributed by atoms with Gasteiger partial charge in [-0.25, -0.2) is 4.68 Å². The van der Waals surface area contributed by atoms with Crippen molar-refractivity contribution in [1.29, 1.82) is 0 Å². The Morgan fingerprint density at radius 1 is 0.882 bits per heavy atom. The van der Waals surface area contributed by atoms with E-state index >= 15 is 0 Å². The van der Waals surface area contributed by atoms with E-state index in [1.54, 1.807) is 38.8 Å². The highest BCUT2D eigenvalue weighted by Gasteiger charge is 2.35. The summed E-state index contributed by atoms with van der Waals surface area (Å²) in [5.41, 5.74) is 1.05. The average Bonchev–Trinajstić information content (AvgIpc) is 3.34. The van der Waals surface area contributed by atoms with Crippen LogP contribution in [0.1, 0.15) is 24.4 Å². The summed E-state index contributed by atoms with van der Waals surface area (Å²) in [6, 6.07) is 18.3. The Hall–Kier alpha value is -3.88. The van der Waals surface area contributed by atoms with E-state index in [1.165, 1.54) is 18.2 Å². The van der Waals surface area contributed by atoms with Crippen molar-refractivity contribution >= 4 is 5.69 Å². The van der Waals surface area contributed by atoms with E-state index in [0.29, 0.717) is 31.6 Å². The molecule has 6 nitrogen and oxygen atoms in total. The van der Waals surface area contributed by atoms with Gasteiger partial charge in [0.2, 0.25) is 5.43 Å². The van der Waals surface area contributed by atoms with Gasteiger partial charge in [-0.15, -0.1) is 0 Å². The summed E-state index contributed by atoms with van der Waals surface area (Å²) in [7, 11) is 0. The molecule has 34 heavy (non-hydrogen) atoms. The zero-order chi connectivity index (χ0) is 23.7. The molecule has 4 aromatic rings. The van der Waals surface area contributed by atoms with Crippen molar-refractivity contribution in [3.8, 4) is 17.1 Å². The third-order valence-corrected chi connectivity index (χ3v) is 6.10. The summed E-state index contributed by atoms with van der Waals surface area (Å²) < 4.78 is 43.7. The predicted molar refractivity (Wildman–Crippen MR) is 123 cm³/mol. The van der Waals surface area contributed by atoms with Crippen LogP contribution in [0, 0.1) is 0 Å². The van der Waals surface area contributed by atoms with Gasteiger partial charge in [0.1, 0.15) is 0 Å². The van der Waals surface area contributed by atoms with Gasteiger partial charge in [-0.2, -0.15) is 23.4 Å². The molecular weight excluding hydrogens is 443 g/mol. The number of nitrogens with zero attached hydrogens (tertiary/aromatic N) is 5. The summed E-state index contributed by atoms with van der Waals surface area (Å²) in [5.74, 6) is 0. The molecule has 0 N–H and O–H groups in total. The predicted octanol–water partition coefficient (Wildman–Crippen LogP) is 4.96. The molecular formula is C25H22F3N5O. The van der Waals surface area contributed by atoms with Gasteiger partial charge in [0.25, 0.3) is 0 Å². The Labute approximate surface area is 193 Å². The third-order valence-electron chi connectivity index (χ3n) is 6.10. The van der Waals surface area contributed by atoms with Gasteiger partial charge in [-0.05, 0) is 43.2 Å². The lowest BCUT2D eigenvalue weighted by molar-refractivity contribution is -0.137. The smallest absolute Gasteiger partial charge is 0.371 e. The van der Waals surface area contributed by atoms with Gasteiger partial charge in [0.15, 0.2) is 5.69 Å². The molecule has 0 aliphatic carbocycles. The van der Waals surface area contributed by atoms with E-state index < -0.39 is 11.7 Å². The molecule has 9 heteroatoms. The summed E-state index contributed by atoms with van der Waals surface area (Å²) in [4.78, 5) is 14.4. The lowest BCUT2D eigenvalue weighted by Gasteiger charge is -2.35. The van der Waals surface area contributed by atoms with Crippen LogP contribution in [0.2, 0.25) is 0 Å². The van der Waals surface area contributed by atoms with E-state index in [1.807, 2.05) is 30.3 Å². The fraction of sp³-hybridized carbons (Fsp3) is 0.240. The van der Waals surface area contributed by atoms with Crippen LogP contribution in [0.3, 0.4) is 0 Å². The first-order chi connectivity index (χ1) is 16.4. The number of hydrogen-bond acceptors (Lipinski definition) is 4. The second kappa shape index (κ2) is 8.81. The van der Waals surface area contributed by atoms with E-state index in [2.05, 4.69) is 10.2 Å². The van der Waals surface area contributed by atoms with Crippen molar-refractivity contribution < 1.29 is 13.2 Å². The summed E-state index contributed by atoms with van der Waals surface area (Å²) >= 11 is 0. The minimum Gasteiger partial charge on any atom is -0.371 e. The van der Waals surface area contributed by atoms with Crippen LogP contribution in [0.4, 0.5) is 18.9 Å². The molecule has 0 bridgehead atoms. The maximum absolute atomic E-state index is 13.4. The first kappa shape index (κ1) is 21.9. The maximum atomic E-state index is 13.4. The molecule has 0 spiro atoms. The zero-order valence-corrected chi connectivity index (χ0v) is 18.2. The standard InChI is InChI=1S/C25H22F3N5O/c26-25(27,28)20-8-4-5-9-21(20)31-15-11-18(12-16-31)32-17-13-23(34)24(30-32)22-10-14-29-33(22)19-6-2-1-3-7-19/h1-10,13-14,17-18H,11-12,15-16H2. The number of alkyl halides is 3. The van der Waals surface area contributed by atoms with Gasteiger partial charge in [0, 0.05) is 31.0 Å². The molecule has 1 fully saturated rings. The molecule has 1 aliphatic rings. The van der Waals surface area contributed by atoms with Crippen molar-refractivity contribution in [1.82, 2.24) is 19.6 Å². The molecule has 0 unspecified atom stereocenters. The highest BCUT2D eigenvalue weighted by molar-refractivity contribution is 5.57. The van der Waals surface area contributed by atoms with Crippen LogP contribution in [-0.4, -0.2) is 32.7 Å². The Balaban J connectivity index is 1.39. The third kappa shape index (κ3) is 4.21. The molecule has 0 saturated carbocycles. The van der Waals surface area contributed by atoms with Gasteiger partial charge in [-0.3, -0.25) is 9.48 Å². The normalized spacial score (nSPS) is 15.0. The quantitative estimate of drug-likeness (QED) is 0.428. The molecule has 1 aliphatic heterocycles. The van der Waals surface area contributed by atoms with Gasteiger partial charge < -0.3 is 4.90 Å². The van der Waals surface area contributed by atoms with Crippen LogP contribution in [0.5, 0.6) is 0 Å². The van der Waals surface area contributed by atoms with Crippen molar-refractivity contribution in [3.05, 3.63) is 94.9 Å². The summed E-state index contributed by atoms with van der Waals surface area (Å²) in [5, 5.41) is 8.97. The van der Waals surface area contributed by atoms with Crippen molar-refractivity contribution in [2.45, 2.75) is 25.1 Å². The summed E-state index contributed by atoms with van der Waals surface area (Å²) in [6.07, 6.45) is 0.0969. The van der Waals surface area contributed by atoms with Crippen LogP contribution in [0.25, 0.3) is 17.1 Å². The van der Waals surface area contributed by atoms with Crippen LogP contribution in [0.15, 0.2) is 83.9 Å². The van der Waals surface area contributed by atoms with Crippen LogP contribution in [-0.2, 0) is 6.18 Å². The van der Waals surface area contributed by atoms with Crippen molar-refractivity contribution in [2.75, 3.05) is 18.0 Å². The van der Waals surface area contributed by atoms with Gasteiger partial charge in [0.05, 0.1) is 29.2 Å². The highest BCUT2D eigenvalue weighted by Crippen LogP contribution is 2.38. The molecule has 5 rings (SSSR count). The zero-order valence-electron chi connectivity index (χ0n) is 18.2. The molecule has 0 atom stereocenters. The van der Waals surface area contributed by atoms with Crippen molar-refractivity contribution in [2.24, 2.45) is 0 Å². The van der Waals surface area contributed by atoms with Gasteiger partial charge >= 0.3 is 6.18 Å². The fourth-order valence-electron chi connectivity index (χ4n) is 4.42. The minimum absolute atomic E-state index is 0.0262. The Kier molecular flexibility index (Phi) is 5.69. The Bertz CT molecular complexity index is 1340. The maximum Gasteiger partial charge on any atom is 0.418 e. The number of benzene rings is 2. The van der Waals surface area contributed by atoms with E-state index in [9.17, 15) is 18.0 Å². The van der Waals surface area contributed by atoms with E-state index in [-0.39, 0.29) is 22.9 Å². The number of halogens is 3. The lowest BCUT2D eigenvalue weighted by Crippen LogP contribution is -2.36. The number of rotatable bonds is 4.